The van der Waals surface area contributed by atoms with Gasteiger partial charge in [0.25, 0.3) is 5.91 Å². The zero-order chi connectivity index (χ0) is 14.6. The molecule has 0 saturated carbocycles. The average molecular weight is 271 g/mol. The number of fused-ring (bicyclic) bond motifs is 1. The summed E-state index contributed by atoms with van der Waals surface area (Å²) in [6.45, 7) is 6.09. The summed E-state index contributed by atoms with van der Waals surface area (Å²) in [6.07, 6.45) is 0.884. The van der Waals surface area contributed by atoms with E-state index in [1.165, 1.54) is 0 Å². The SMILES string of the molecule is CCC(C)(C)NC(=O)COc1ccc2ccccc2c1. The Labute approximate surface area is 119 Å². The van der Waals surface area contributed by atoms with E-state index in [1.54, 1.807) is 0 Å². The van der Waals surface area contributed by atoms with Gasteiger partial charge in [0.2, 0.25) is 0 Å². The van der Waals surface area contributed by atoms with Gasteiger partial charge in [-0.05, 0) is 43.2 Å². The highest BCUT2D eigenvalue weighted by Crippen LogP contribution is 2.20. The van der Waals surface area contributed by atoms with Crippen molar-refractivity contribution >= 4 is 16.7 Å². The molecule has 0 aromatic heterocycles. The van der Waals surface area contributed by atoms with E-state index >= 15 is 0 Å². The standard InChI is InChI=1S/C17H21NO2/c1-4-17(2,3)18-16(19)12-20-15-10-9-13-7-5-6-8-14(13)11-15/h5-11H,4,12H2,1-3H3,(H,18,19). The molecule has 1 amide bonds. The summed E-state index contributed by atoms with van der Waals surface area (Å²) in [4.78, 5) is 11.8. The molecule has 106 valence electrons. The normalized spacial score (nSPS) is 11.3. The van der Waals surface area contributed by atoms with Crippen LogP contribution in [0.5, 0.6) is 5.75 Å². The second-order valence-corrected chi connectivity index (χ2v) is 5.58. The van der Waals surface area contributed by atoms with Crippen molar-refractivity contribution in [2.45, 2.75) is 32.7 Å². The lowest BCUT2D eigenvalue weighted by Gasteiger charge is -2.24. The predicted molar refractivity (Wildman–Crippen MR) is 82.0 cm³/mol. The number of ether oxygens (including phenoxy) is 1. The fourth-order valence-corrected chi connectivity index (χ4v) is 1.91. The molecule has 0 fully saturated rings. The molecule has 2 aromatic carbocycles. The zero-order valence-corrected chi connectivity index (χ0v) is 12.3. The van der Waals surface area contributed by atoms with E-state index in [4.69, 9.17) is 4.74 Å². The van der Waals surface area contributed by atoms with E-state index in [9.17, 15) is 4.79 Å². The van der Waals surface area contributed by atoms with E-state index < -0.39 is 0 Å². The summed E-state index contributed by atoms with van der Waals surface area (Å²) < 4.78 is 5.55. The first-order valence-corrected chi connectivity index (χ1v) is 6.93. The van der Waals surface area contributed by atoms with Crippen LogP contribution in [0.4, 0.5) is 0 Å². The van der Waals surface area contributed by atoms with Gasteiger partial charge in [-0.25, -0.2) is 0 Å². The number of rotatable bonds is 5. The van der Waals surface area contributed by atoms with Gasteiger partial charge in [0.15, 0.2) is 6.61 Å². The first-order chi connectivity index (χ1) is 9.50. The molecular weight excluding hydrogens is 250 g/mol. The highest BCUT2D eigenvalue weighted by molar-refractivity contribution is 5.84. The third-order valence-electron chi connectivity index (χ3n) is 3.45. The molecule has 2 aromatic rings. The van der Waals surface area contributed by atoms with Gasteiger partial charge >= 0.3 is 0 Å². The number of amides is 1. The fourth-order valence-electron chi connectivity index (χ4n) is 1.91. The molecular formula is C17H21NO2. The molecule has 0 aliphatic rings. The number of carbonyl (C=O) groups is 1. The van der Waals surface area contributed by atoms with Crippen molar-refractivity contribution < 1.29 is 9.53 Å². The van der Waals surface area contributed by atoms with Crippen LogP contribution in [-0.4, -0.2) is 18.1 Å². The minimum absolute atomic E-state index is 0.0434. The van der Waals surface area contributed by atoms with Crippen molar-refractivity contribution in [1.82, 2.24) is 5.32 Å². The lowest BCUT2D eigenvalue weighted by atomic mass is 10.0. The van der Waals surface area contributed by atoms with Gasteiger partial charge in [0.05, 0.1) is 0 Å². The third kappa shape index (κ3) is 3.73. The van der Waals surface area contributed by atoms with Crippen LogP contribution in [0.15, 0.2) is 42.5 Å². The minimum atomic E-state index is -0.191. The van der Waals surface area contributed by atoms with Gasteiger partial charge in [0, 0.05) is 5.54 Å². The summed E-state index contributed by atoms with van der Waals surface area (Å²) >= 11 is 0. The molecule has 0 aliphatic heterocycles. The molecule has 0 radical (unpaired) electrons. The third-order valence-corrected chi connectivity index (χ3v) is 3.45. The molecule has 1 N–H and O–H groups in total. The quantitative estimate of drug-likeness (QED) is 0.903. The van der Waals surface area contributed by atoms with Crippen LogP contribution < -0.4 is 10.1 Å². The van der Waals surface area contributed by atoms with Crippen LogP contribution >= 0.6 is 0 Å². The molecule has 3 heteroatoms. The van der Waals surface area contributed by atoms with E-state index in [-0.39, 0.29) is 18.1 Å². The van der Waals surface area contributed by atoms with Crippen LogP contribution in [-0.2, 0) is 4.79 Å². The Morgan fingerprint density at radius 3 is 2.55 bits per heavy atom. The highest BCUT2D eigenvalue weighted by atomic mass is 16.5. The second-order valence-electron chi connectivity index (χ2n) is 5.58. The molecule has 0 unspecified atom stereocenters. The molecule has 0 atom stereocenters. The summed E-state index contributed by atoms with van der Waals surface area (Å²) in [6, 6.07) is 13.9. The molecule has 0 saturated heterocycles. The van der Waals surface area contributed by atoms with Gasteiger partial charge < -0.3 is 10.1 Å². The van der Waals surface area contributed by atoms with Gasteiger partial charge in [-0.1, -0.05) is 37.3 Å². The van der Waals surface area contributed by atoms with Crippen LogP contribution in [0.2, 0.25) is 0 Å². The lowest BCUT2D eigenvalue weighted by Crippen LogP contribution is -2.44. The molecule has 2 rings (SSSR count). The maximum atomic E-state index is 11.8. The Hall–Kier alpha value is -2.03. The second kappa shape index (κ2) is 5.95. The summed E-state index contributed by atoms with van der Waals surface area (Å²) in [5.74, 6) is 0.623. The first kappa shape index (κ1) is 14.4. The number of nitrogens with one attached hydrogen (secondary N) is 1. The maximum absolute atomic E-state index is 11.8. The zero-order valence-electron chi connectivity index (χ0n) is 12.3. The molecule has 20 heavy (non-hydrogen) atoms. The van der Waals surface area contributed by atoms with Crippen LogP contribution in [0, 0.1) is 0 Å². The van der Waals surface area contributed by atoms with Gasteiger partial charge in [-0.15, -0.1) is 0 Å². The van der Waals surface area contributed by atoms with Gasteiger partial charge in [0.1, 0.15) is 5.75 Å². The molecule has 0 aliphatic carbocycles. The maximum Gasteiger partial charge on any atom is 0.258 e. The number of carbonyl (C=O) groups excluding carboxylic acids is 1. The molecule has 3 nitrogen and oxygen atoms in total. The largest absolute Gasteiger partial charge is 0.484 e. The van der Waals surface area contributed by atoms with Crippen molar-refractivity contribution in [3.05, 3.63) is 42.5 Å². The smallest absolute Gasteiger partial charge is 0.258 e. The monoisotopic (exact) mass is 271 g/mol. The number of hydrogen-bond donors (Lipinski definition) is 1. The molecule has 0 spiro atoms. The predicted octanol–water partition coefficient (Wildman–Crippen LogP) is 3.52. The van der Waals surface area contributed by atoms with E-state index in [0.29, 0.717) is 5.75 Å². The molecule has 0 heterocycles. The van der Waals surface area contributed by atoms with E-state index in [2.05, 4.69) is 11.4 Å². The number of benzene rings is 2. The Balaban J connectivity index is 1.97. The van der Waals surface area contributed by atoms with Crippen molar-refractivity contribution in [2.75, 3.05) is 6.61 Å². The topological polar surface area (TPSA) is 38.3 Å². The highest BCUT2D eigenvalue weighted by Gasteiger charge is 2.17. The van der Waals surface area contributed by atoms with E-state index in [0.717, 1.165) is 17.2 Å². The van der Waals surface area contributed by atoms with Crippen molar-refractivity contribution in [1.29, 1.82) is 0 Å². The lowest BCUT2D eigenvalue weighted by molar-refractivity contribution is -0.124. The summed E-state index contributed by atoms with van der Waals surface area (Å²) in [5, 5.41) is 5.22. The summed E-state index contributed by atoms with van der Waals surface area (Å²) in [5.41, 5.74) is -0.191. The Bertz CT molecular complexity index is 605. The van der Waals surface area contributed by atoms with Crippen LogP contribution in [0.3, 0.4) is 0 Å². The number of hydrogen-bond acceptors (Lipinski definition) is 2. The van der Waals surface area contributed by atoms with E-state index in [1.807, 2.05) is 57.2 Å². The van der Waals surface area contributed by atoms with Crippen molar-refractivity contribution in [3.8, 4) is 5.75 Å². The van der Waals surface area contributed by atoms with Crippen LogP contribution in [0.25, 0.3) is 10.8 Å². The summed E-state index contributed by atoms with van der Waals surface area (Å²) in [7, 11) is 0. The Morgan fingerprint density at radius 2 is 1.85 bits per heavy atom. The fraction of sp³-hybridized carbons (Fsp3) is 0.353. The average Bonchev–Trinajstić information content (AvgIpc) is 2.44. The Morgan fingerprint density at radius 1 is 1.15 bits per heavy atom. The molecule has 0 bridgehead atoms. The van der Waals surface area contributed by atoms with Crippen molar-refractivity contribution in [3.63, 3.8) is 0 Å². The van der Waals surface area contributed by atoms with Crippen molar-refractivity contribution in [2.24, 2.45) is 0 Å². The first-order valence-electron chi connectivity index (χ1n) is 6.93. The van der Waals surface area contributed by atoms with Crippen LogP contribution in [0.1, 0.15) is 27.2 Å². The Kier molecular flexibility index (Phi) is 4.28. The van der Waals surface area contributed by atoms with Gasteiger partial charge in [-0.2, -0.15) is 0 Å². The van der Waals surface area contributed by atoms with Gasteiger partial charge in [-0.3, -0.25) is 4.79 Å². The minimum Gasteiger partial charge on any atom is -0.484 e.